The molecule has 0 aromatic heterocycles. The number of benzene rings is 2. The van der Waals surface area contributed by atoms with Crippen molar-refractivity contribution in [3.63, 3.8) is 0 Å². The van der Waals surface area contributed by atoms with Gasteiger partial charge in [0.05, 0.1) is 34.9 Å². The number of fused-ring (bicyclic) bond motifs is 1. The third-order valence-electron chi connectivity index (χ3n) is 5.24. The molecule has 6 nitrogen and oxygen atoms in total. The molecule has 0 spiro atoms. The monoisotopic (exact) mass is 423 g/mol. The molecule has 2 N–H and O–H groups in total. The Morgan fingerprint density at radius 2 is 1.80 bits per heavy atom. The van der Waals surface area contributed by atoms with E-state index < -0.39 is 34.7 Å². The Morgan fingerprint density at radius 3 is 2.40 bits per heavy atom. The molecule has 1 fully saturated rings. The van der Waals surface area contributed by atoms with Gasteiger partial charge in [-0.1, -0.05) is 23.9 Å². The van der Waals surface area contributed by atoms with E-state index in [0.717, 1.165) is 16.7 Å². The van der Waals surface area contributed by atoms with E-state index in [1.165, 1.54) is 24.3 Å². The van der Waals surface area contributed by atoms with E-state index in [4.69, 9.17) is 10.5 Å². The van der Waals surface area contributed by atoms with Gasteiger partial charge in [0, 0.05) is 5.92 Å². The van der Waals surface area contributed by atoms with Crippen LogP contribution < -0.4 is 15.4 Å². The minimum atomic E-state index is -0.785. The minimum absolute atomic E-state index is 0.236. The van der Waals surface area contributed by atoms with Crippen molar-refractivity contribution in [2.75, 3.05) is 11.5 Å². The Bertz CT molecular complexity index is 1080. The first kappa shape index (κ1) is 20.0. The Hall–Kier alpha value is -3.31. The minimum Gasteiger partial charge on any atom is -0.494 e. The van der Waals surface area contributed by atoms with E-state index >= 15 is 0 Å². The van der Waals surface area contributed by atoms with Gasteiger partial charge in [0.25, 0.3) is 0 Å². The molecule has 2 aliphatic rings. The first-order valence-corrected chi connectivity index (χ1v) is 10.3. The van der Waals surface area contributed by atoms with Crippen LogP contribution in [0.2, 0.25) is 0 Å². The number of rotatable bonds is 4. The van der Waals surface area contributed by atoms with Crippen LogP contribution in [0.5, 0.6) is 5.75 Å². The lowest BCUT2D eigenvalue weighted by molar-refractivity contribution is -0.122. The third kappa shape index (κ3) is 3.21. The smallest absolute Gasteiger partial charge is 0.248 e. The number of carbonyl (C=O) groups is 2. The van der Waals surface area contributed by atoms with Gasteiger partial charge in [-0.05, 0) is 48.9 Å². The molecule has 152 valence electrons. The molecule has 0 bridgehead atoms. The second kappa shape index (κ2) is 7.84. The average molecular weight is 423 g/mol. The van der Waals surface area contributed by atoms with E-state index in [2.05, 4.69) is 6.07 Å². The molecular weight excluding hydrogens is 405 g/mol. The molecule has 2 amide bonds. The number of nitrogens with zero attached hydrogens (tertiary/aromatic N) is 2. The molecule has 0 saturated carbocycles. The number of carbonyl (C=O) groups excluding carboxylic acids is 2. The lowest BCUT2D eigenvalue weighted by atomic mass is 9.79. The Kier molecular flexibility index (Phi) is 5.22. The van der Waals surface area contributed by atoms with E-state index in [0.29, 0.717) is 23.6 Å². The number of amides is 2. The zero-order valence-electron chi connectivity index (χ0n) is 16.0. The fourth-order valence-corrected chi connectivity index (χ4v) is 5.12. The van der Waals surface area contributed by atoms with E-state index in [-0.39, 0.29) is 10.6 Å². The van der Waals surface area contributed by atoms with Gasteiger partial charge in [0.15, 0.2) is 0 Å². The van der Waals surface area contributed by atoms with Crippen molar-refractivity contribution in [3.8, 4) is 11.8 Å². The average Bonchev–Trinajstić information content (AvgIpc) is 2.98. The Labute approximate surface area is 177 Å². The molecule has 1 saturated heterocycles. The molecule has 0 aliphatic carbocycles. The third-order valence-corrected chi connectivity index (χ3v) is 6.46. The summed E-state index contributed by atoms with van der Waals surface area (Å²) in [7, 11) is 0. The summed E-state index contributed by atoms with van der Waals surface area (Å²) in [6.07, 6.45) is 0. The van der Waals surface area contributed by atoms with Gasteiger partial charge in [-0.25, -0.2) is 9.29 Å². The molecule has 2 heterocycles. The SMILES string of the molecule is CCOc1ccc([C@@H]2C(C#N)=C(N)S[C@@H]3C(=O)N(c4ccc(F)cc4)C(=O)[C@H]32)cc1. The van der Waals surface area contributed by atoms with Crippen LogP contribution in [0, 0.1) is 23.1 Å². The normalized spacial score (nSPS) is 23.4. The van der Waals surface area contributed by atoms with E-state index in [1.54, 1.807) is 24.3 Å². The highest BCUT2D eigenvalue weighted by molar-refractivity contribution is 8.04. The van der Waals surface area contributed by atoms with Crippen LogP contribution in [0.3, 0.4) is 0 Å². The molecule has 2 aromatic carbocycles. The van der Waals surface area contributed by atoms with Crippen molar-refractivity contribution in [3.05, 3.63) is 70.5 Å². The maximum atomic E-state index is 13.4. The van der Waals surface area contributed by atoms with Crippen molar-refractivity contribution in [2.24, 2.45) is 11.7 Å². The molecular formula is C22H18FN3O3S. The Morgan fingerprint density at radius 1 is 1.13 bits per heavy atom. The molecule has 0 unspecified atom stereocenters. The van der Waals surface area contributed by atoms with Gasteiger partial charge in [-0.3, -0.25) is 9.59 Å². The summed E-state index contributed by atoms with van der Waals surface area (Å²) in [4.78, 5) is 27.5. The summed E-state index contributed by atoms with van der Waals surface area (Å²) in [6, 6.07) is 14.4. The maximum Gasteiger partial charge on any atom is 0.248 e. The standard InChI is InChI=1S/C22H18FN3O3S/c1-2-29-15-9-3-12(4-10-15)17-16(11-24)20(25)30-19-18(17)21(27)26(22(19)28)14-7-5-13(23)6-8-14/h3-10,17-19H,2,25H2,1H3/t17-,18+,19+/m1/s1. The number of hydrogen-bond donors (Lipinski definition) is 1. The zero-order valence-corrected chi connectivity index (χ0v) is 16.9. The lowest BCUT2D eigenvalue weighted by Crippen LogP contribution is -2.33. The van der Waals surface area contributed by atoms with Gasteiger partial charge < -0.3 is 10.5 Å². The summed E-state index contributed by atoms with van der Waals surface area (Å²) in [5.74, 6) is -2.08. The molecule has 30 heavy (non-hydrogen) atoms. The second-order valence-electron chi connectivity index (χ2n) is 6.92. The number of ether oxygens (including phenoxy) is 1. The van der Waals surface area contributed by atoms with Crippen LogP contribution in [-0.2, 0) is 9.59 Å². The summed E-state index contributed by atoms with van der Waals surface area (Å²) in [5, 5.41) is 9.22. The highest BCUT2D eigenvalue weighted by Crippen LogP contribution is 2.50. The van der Waals surface area contributed by atoms with Crippen molar-refractivity contribution in [2.45, 2.75) is 18.1 Å². The second-order valence-corrected chi connectivity index (χ2v) is 8.11. The van der Waals surface area contributed by atoms with Crippen LogP contribution >= 0.6 is 11.8 Å². The summed E-state index contributed by atoms with van der Waals surface area (Å²) in [6.45, 7) is 2.39. The highest BCUT2D eigenvalue weighted by Gasteiger charge is 2.56. The topological polar surface area (TPSA) is 96.4 Å². The molecule has 0 radical (unpaired) electrons. The van der Waals surface area contributed by atoms with E-state index in [9.17, 15) is 19.2 Å². The molecule has 3 atom stereocenters. The number of halogens is 1. The summed E-state index contributed by atoms with van der Waals surface area (Å²) in [5.41, 5.74) is 7.40. The summed E-state index contributed by atoms with van der Waals surface area (Å²) < 4.78 is 18.8. The van der Waals surface area contributed by atoms with E-state index in [1.807, 2.05) is 6.92 Å². The van der Waals surface area contributed by atoms with Crippen LogP contribution in [0.15, 0.2) is 59.1 Å². The quantitative estimate of drug-likeness (QED) is 0.758. The summed E-state index contributed by atoms with van der Waals surface area (Å²) >= 11 is 1.04. The fourth-order valence-electron chi connectivity index (χ4n) is 3.92. The Balaban J connectivity index is 1.77. The number of thioether (sulfide) groups is 1. The first-order valence-electron chi connectivity index (χ1n) is 9.38. The van der Waals surface area contributed by atoms with Crippen LogP contribution in [0.25, 0.3) is 0 Å². The van der Waals surface area contributed by atoms with Gasteiger partial charge in [-0.15, -0.1) is 0 Å². The number of nitrogens with two attached hydrogens (primary N) is 1. The molecule has 2 aromatic rings. The molecule has 8 heteroatoms. The van der Waals surface area contributed by atoms with Gasteiger partial charge in [-0.2, -0.15) is 5.26 Å². The van der Waals surface area contributed by atoms with Crippen molar-refractivity contribution < 1.29 is 18.7 Å². The van der Waals surface area contributed by atoms with Crippen LogP contribution in [0.1, 0.15) is 18.4 Å². The van der Waals surface area contributed by atoms with Gasteiger partial charge in [0.1, 0.15) is 16.8 Å². The zero-order chi connectivity index (χ0) is 21.4. The van der Waals surface area contributed by atoms with Crippen LogP contribution in [0.4, 0.5) is 10.1 Å². The van der Waals surface area contributed by atoms with Gasteiger partial charge >= 0.3 is 0 Å². The predicted molar refractivity (Wildman–Crippen MR) is 111 cm³/mol. The number of hydrogen-bond acceptors (Lipinski definition) is 6. The van der Waals surface area contributed by atoms with Crippen molar-refractivity contribution >= 4 is 29.3 Å². The number of imide groups is 1. The van der Waals surface area contributed by atoms with Crippen LogP contribution in [-0.4, -0.2) is 23.7 Å². The highest BCUT2D eigenvalue weighted by atomic mass is 32.2. The van der Waals surface area contributed by atoms with Gasteiger partial charge in [0.2, 0.25) is 11.8 Å². The maximum absolute atomic E-state index is 13.4. The lowest BCUT2D eigenvalue weighted by Gasteiger charge is -2.30. The predicted octanol–water partition coefficient (Wildman–Crippen LogP) is 3.31. The largest absolute Gasteiger partial charge is 0.494 e. The number of allylic oxidation sites excluding steroid dienone is 1. The number of anilines is 1. The number of nitriles is 1. The van der Waals surface area contributed by atoms with Crippen molar-refractivity contribution in [1.82, 2.24) is 0 Å². The van der Waals surface area contributed by atoms with Crippen molar-refractivity contribution in [1.29, 1.82) is 5.26 Å². The first-order chi connectivity index (χ1) is 14.5. The molecule has 4 rings (SSSR count). The molecule has 2 aliphatic heterocycles. The fraction of sp³-hybridized carbons (Fsp3) is 0.227.